The molecule has 128 valence electrons. The van der Waals surface area contributed by atoms with E-state index in [0.29, 0.717) is 0 Å². The van der Waals surface area contributed by atoms with Crippen LogP contribution in [-0.2, 0) is 0 Å². The van der Waals surface area contributed by atoms with E-state index in [-0.39, 0.29) is 48.9 Å². The van der Waals surface area contributed by atoms with E-state index >= 15 is 0 Å². The minimum atomic E-state index is -1.13. The van der Waals surface area contributed by atoms with Crippen molar-refractivity contribution in [2.24, 2.45) is 0 Å². The van der Waals surface area contributed by atoms with Crippen molar-refractivity contribution < 1.29 is 19.8 Å². The molecule has 0 saturated carbocycles. The zero-order valence-corrected chi connectivity index (χ0v) is 16.6. The van der Waals surface area contributed by atoms with Crippen LogP contribution in [0, 0.1) is 0 Å². The van der Waals surface area contributed by atoms with Crippen LogP contribution in [0.15, 0.2) is 84.9 Å². The summed E-state index contributed by atoms with van der Waals surface area (Å²) in [7, 11) is 0. The molecule has 0 N–H and O–H groups in total. The number of carbonyl (C=O) groups is 2. The summed E-state index contributed by atoms with van der Waals surface area (Å²) in [6.07, 6.45) is 0. The second-order valence-corrected chi connectivity index (χ2v) is 5.70. The first-order chi connectivity index (χ1) is 12.5. The van der Waals surface area contributed by atoms with E-state index in [1.807, 2.05) is 48.5 Å². The van der Waals surface area contributed by atoms with Crippen LogP contribution in [0.2, 0.25) is 0 Å². The van der Waals surface area contributed by atoms with E-state index < -0.39 is 11.9 Å². The molecule has 4 nitrogen and oxygen atoms in total. The molecule has 0 atom stereocenters. The summed E-state index contributed by atoms with van der Waals surface area (Å²) in [4.78, 5) is 21.1. The Balaban J connectivity index is 0.000000187. The molecule has 0 heterocycles. The van der Waals surface area contributed by atoms with Gasteiger partial charge in [0, 0.05) is 0 Å². The van der Waals surface area contributed by atoms with Crippen molar-refractivity contribution in [3.63, 3.8) is 0 Å². The largest absolute Gasteiger partial charge is 2.00 e. The Hall–Kier alpha value is -2.40. The molecule has 0 aliphatic heterocycles. The fourth-order valence-corrected chi connectivity index (χ4v) is 2.63. The Morgan fingerprint density at radius 2 is 0.852 bits per heavy atom. The summed E-state index contributed by atoms with van der Waals surface area (Å²) in [5, 5.41) is 25.0. The van der Waals surface area contributed by atoms with E-state index in [0.717, 1.165) is 21.5 Å². The van der Waals surface area contributed by atoms with Crippen molar-refractivity contribution in [2.45, 2.75) is 0 Å². The van der Waals surface area contributed by atoms with Gasteiger partial charge in [-0.3, -0.25) is 0 Å². The summed E-state index contributed by atoms with van der Waals surface area (Å²) >= 11 is 0. The fraction of sp³-hybridized carbons (Fsp3) is 0. The van der Waals surface area contributed by atoms with Crippen molar-refractivity contribution >= 4 is 71.2 Å². The van der Waals surface area contributed by atoms with E-state index in [9.17, 15) is 19.8 Å². The van der Waals surface area contributed by atoms with Crippen LogP contribution in [0.5, 0.6) is 0 Å². The van der Waals surface area contributed by atoms with E-state index in [2.05, 4.69) is 0 Å². The molecule has 0 spiro atoms. The van der Waals surface area contributed by atoms with Crippen molar-refractivity contribution in [1.29, 1.82) is 0 Å². The van der Waals surface area contributed by atoms with Gasteiger partial charge in [-0.1, -0.05) is 72.8 Å². The molecule has 0 aromatic heterocycles. The fourth-order valence-electron chi connectivity index (χ4n) is 2.63. The number of fused-ring (bicyclic) bond motifs is 2. The first kappa shape index (κ1) is 20.9. The molecule has 27 heavy (non-hydrogen) atoms. The molecule has 0 unspecified atom stereocenters. The minimum Gasteiger partial charge on any atom is -0.545 e. The van der Waals surface area contributed by atoms with Crippen molar-refractivity contribution in [3.05, 3.63) is 96.1 Å². The quantitative estimate of drug-likeness (QED) is 0.497. The van der Waals surface area contributed by atoms with E-state index in [4.69, 9.17) is 0 Å². The zero-order valence-electron chi connectivity index (χ0n) is 14.4. The number of benzene rings is 4. The molecule has 5 heteroatoms. The molecular formula is C22H14CaO4. The molecule has 0 bridgehead atoms. The Morgan fingerprint density at radius 3 is 1.19 bits per heavy atom. The number of hydrogen-bond acceptors (Lipinski definition) is 4. The minimum absolute atomic E-state index is 0. The van der Waals surface area contributed by atoms with E-state index in [1.54, 1.807) is 36.4 Å². The average Bonchev–Trinajstić information content (AvgIpc) is 2.67. The van der Waals surface area contributed by atoms with Crippen LogP contribution in [-0.4, -0.2) is 49.7 Å². The van der Waals surface area contributed by atoms with Crippen LogP contribution >= 0.6 is 0 Å². The Morgan fingerprint density at radius 1 is 0.519 bits per heavy atom. The van der Waals surface area contributed by atoms with Gasteiger partial charge in [-0.2, -0.15) is 0 Å². The molecule has 0 fully saturated rings. The molecule has 0 aliphatic carbocycles. The van der Waals surface area contributed by atoms with Gasteiger partial charge < -0.3 is 19.8 Å². The first-order valence-corrected chi connectivity index (χ1v) is 7.95. The van der Waals surface area contributed by atoms with Gasteiger partial charge in [0.2, 0.25) is 0 Å². The molecule has 4 rings (SSSR count). The molecule has 4 aromatic rings. The van der Waals surface area contributed by atoms with Crippen LogP contribution in [0.4, 0.5) is 0 Å². The number of carbonyl (C=O) groups excluding carboxylic acids is 2. The summed E-state index contributed by atoms with van der Waals surface area (Å²) < 4.78 is 0. The summed E-state index contributed by atoms with van der Waals surface area (Å²) in [5.41, 5.74) is 0.442. The summed E-state index contributed by atoms with van der Waals surface area (Å²) in [6.45, 7) is 0. The Kier molecular flexibility index (Phi) is 7.36. The monoisotopic (exact) mass is 382 g/mol. The van der Waals surface area contributed by atoms with E-state index in [1.165, 1.54) is 0 Å². The third kappa shape index (κ3) is 5.30. The molecule has 0 aliphatic rings. The van der Waals surface area contributed by atoms with Gasteiger partial charge >= 0.3 is 37.7 Å². The predicted molar refractivity (Wildman–Crippen MR) is 102 cm³/mol. The van der Waals surface area contributed by atoms with Gasteiger partial charge in [0.25, 0.3) is 0 Å². The predicted octanol–water partition coefficient (Wildman–Crippen LogP) is 2.03. The Labute approximate surface area is 186 Å². The maximum Gasteiger partial charge on any atom is 2.00 e. The topological polar surface area (TPSA) is 80.3 Å². The summed E-state index contributed by atoms with van der Waals surface area (Å²) in [6, 6.07) is 25.1. The molecular weight excluding hydrogens is 368 g/mol. The molecule has 4 aromatic carbocycles. The normalized spacial score (nSPS) is 9.78. The molecule has 0 radical (unpaired) electrons. The van der Waals surface area contributed by atoms with Crippen LogP contribution < -0.4 is 10.2 Å². The molecule has 0 amide bonds. The number of rotatable bonds is 2. The second-order valence-electron chi connectivity index (χ2n) is 5.70. The third-order valence-corrected chi connectivity index (χ3v) is 3.97. The SMILES string of the molecule is O=C([O-])c1ccc2ccccc2c1.O=C([O-])c1ccc2ccccc2c1.[Ca+2]. The van der Waals surface area contributed by atoms with Gasteiger partial charge in [-0.25, -0.2) is 0 Å². The van der Waals surface area contributed by atoms with Crippen molar-refractivity contribution in [1.82, 2.24) is 0 Å². The van der Waals surface area contributed by atoms with Gasteiger partial charge in [0.05, 0.1) is 11.9 Å². The first-order valence-electron chi connectivity index (χ1n) is 7.95. The van der Waals surface area contributed by atoms with Gasteiger partial charge in [-0.15, -0.1) is 0 Å². The standard InChI is InChI=1S/2C11H8O2.Ca/c2*12-11(13)10-6-5-8-3-1-2-4-9(8)7-10;/h2*1-7H,(H,12,13);/q;;+2/p-2. The van der Waals surface area contributed by atoms with Gasteiger partial charge in [-0.05, 0) is 44.8 Å². The van der Waals surface area contributed by atoms with Gasteiger partial charge in [0.1, 0.15) is 0 Å². The number of hydrogen-bond donors (Lipinski definition) is 0. The Bertz CT molecular complexity index is 1020. The summed E-state index contributed by atoms with van der Waals surface area (Å²) in [5.74, 6) is -2.27. The van der Waals surface area contributed by atoms with Crippen LogP contribution in [0.1, 0.15) is 20.7 Å². The van der Waals surface area contributed by atoms with Crippen molar-refractivity contribution in [2.75, 3.05) is 0 Å². The number of carboxylic acid groups (broad SMARTS) is 2. The van der Waals surface area contributed by atoms with Gasteiger partial charge in [0.15, 0.2) is 0 Å². The average molecular weight is 382 g/mol. The third-order valence-electron chi connectivity index (χ3n) is 3.97. The second kappa shape index (κ2) is 9.51. The van der Waals surface area contributed by atoms with Crippen molar-refractivity contribution in [3.8, 4) is 0 Å². The number of aromatic carboxylic acids is 2. The zero-order chi connectivity index (χ0) is 18.5. The molecule has 0 saturated heterocycles. The van der Waals surface area contributed by atoms with Crippen LogP contribution in [0.3, 0.4) is 0 Å². The van der Waals surface area contributed by atoms with Crippen LogP contribution in [0.25, 0.3) is 21.5 Å². The number of carboxylic acids is 2. The smallest absolute Gasteiger partial charge is 0.545 e. The maximum atomic E-state index is 10.5. The maximum absolute atomic E-state index is 10.5.